The SMILES string of the molecule is CC=C1C2[C@@H]3[C@@H](OCC)ON2[C@H]2C[C@@H]1[C@@H](C(=O)OC)[C@]31C2=Nc2ccccc21. The predicted octanol–water partition coefficient (Wildman–Crippen LogP) is 2.76. The van der Waals surface area contributed by atoms with Crippen molar-refractivity contribution in [2.45, 2.75) is 44.1 Å². The number of carbonyl (C=O) groups is 1. The van der Waals surface area contributed by atoms with Gasteiger partial charge in [-0.15, -0.1) is 0 Å². The minimum Gasteiger partial charge on any atom is -0.469 e. The lowest BCUT2D eigenvalue weighted by molar-refractivity contribution is -0.249. The van der Waals surface area contributed by atoms with Crippen LogP contribution >= 0.6 is 0 Å². The van der Waals surface area contributed by atoms with Gasteiger partial charge < -0.3 is 9.47 Å². The molecule has 3 saturated heterocycles. The number of para-hydroxylation sites is 1. The summed E-state index contributed by atoms with van der Waals surface area (Å²) in [6.45, 7) is 4.62. The maximum Gasteiger partial charge on any atom is 0.310 e. The number of fused-ring (bicyclic) bond motifs is 1. The van der Waals surface area contributed by atoms with Crippen LogP contribution in [0.1, 0.15) is 25.8 Å². The van der Waals surface area contributed by atoms with E-state index in [1.54, 1.807) is 0 Å². The topological polar surface area (TPSA) is 60.4 Å². The Morgan fingerprint density at radius 1 is 1.43 bits per heavy atom. The van der Waals surface area contributed by atoms with Gasteiger partial charge in [0, 0.05) is 12.5 Å². The van der Waals surface area contributed by atoms with Crippen LogP contribution in [0.3, 0.4) is 0 Å². The van der Waals surface area contributed by atoms with E-state index in [9.17, 15) is 4.79 Å². The Morgan fingerprint density at radius 2 is 2.25 bits per heavy atom. The van der Waals surface area contributed by atoms with Gasteiger partial charge in [-0.3, -0.25) is 14.6 Å². The van der Waals surface area contributed by atoms with Crippen molar-refractivity contribution in [1.82, 2.24) is 5.06 Å². The van der Waals surface area contributed by atoms with Crippen molar-refractivity contribution in [2.75, 3.05) is 13.7 Å². The van der Waals surface area contributed by atoms with Crippen molar-refractivity contribution in [3.63, 3.8) is 0 Å². The molecule has 6 heteroatoms. The number of piperidine rings is 2. The molecule has 1 spiro atoms. The van der Waals surface area contributed by atoms with Gasteiger partial charge in [0.1, 0.15) is 0 Å². The number of hydrogen-bond donors (Lipinski definition) is 0. The van der Waals surface area contributed by atoms with Crippen LogP contribution in [0.2, 0.25) is 0 Å². The monoisotopic (exact) mass is 380 g/mol. The van der Waals surface area contributed by atoms with Crippen LogP contribution in [0.15, 0.2) is 40.9 Å². The van der Waals surface area contributed by atoms with Crippen molar-refractivity contribution in [3.8, 4) is 0 Å². The van der Waals surface area contributed by atoms with Gasteiger partial charge in [-0.05, 0) is 37.8 Å². The van der Waals surface area contributed by atoms with Gasteiger partial charge in [0.15, 0.2) is 6.29 Å². The minimum atomic E-state index is -0.513. The van der Waals surface area contributed by atoms with Crippen LogP contribution in [0.5, 0.6) is 0 Å². The number of carbonyl (C=O) groups excluding carboxylic acids is 1. The molecule has 6 aliphatic rings. The fourth-order valence-electron chi connectivity index (χ4n) is 6.90. The molecule has 6 bridgehead atoms. The van der Waals surface area contributed by atoms with Crippen LogP contribution in [-0.2, 0) is 24.5 Å². The van der Waals surface area contributed by atoms with Gasteiger partial charge in [-0.1, -0.05) is 29.8 Å². The second kappa shape index (κ2) is 5.53. The highest BCUT2D eigenvalue weighted by Crippen LogP contribution is 2.69. The molecule has 5 fully saturated rings. The van der Waals surface area contributed by atoms with Gasteiger partial charge >= 0.3 is 5.97 Å². The van der Waals surface area contributed by atoms with E-state index in [0.29, 0.717) is 6.61 Å². The van der Waals surface area contributed by atoms with E-state index in [2.05, 4.69) is 30.2 Å². The van der Waals surface area contributed by atoms with Crippen LogP contribution < -0.4 is 0 Å². The largest absolute Gasteiger partial charge is 0.469 e. The number of aliphatic imine (C=N–C) groups is 1. The van der Waals surface area contributed by atoms with E-state index >= 15 is 0 Å². The van der Waals surface area contributed by atoms with Crippen molar-refractivity contribution >= 4 is 17.4 Å². The molecule has 2 unspecified atom stereocenters. The third-order valence-electron chi connectivity index (χ3n) is 7.56. The second-order valence-corrected chi connectivity index (χ2v) is 8.29. The average Bonchev–Trinajstić information content (AvgIpc) is 3.24. The van der Waals surface area contributed by atoms with E-state index in [1.165, 1.54) is 12.7 Å². The fourth-order valence-corrected chi connectivity index (χ4v) is 6.90. The lowest BCUT2D eigenvalue weighted by Crippen LogP contribution is -2.75. The molecule has 0 amide bonds. The van der Waals surface area contributed by atoms with Crippen molar-refractivity contribution < 1.29 is 19.1 Å². The smallest absolute Gasteiger partial charge is 0.310 e. The first-order valence-electron chi connectivity index (χ1n) is 10.2. The maximum atomic E-state index is 13.3. The van der Waals surface area contributed by atoms with E-state index < -0.39 is 11.7 Å². The Hall–Kier alpha value is -2.02. The molecule has 1 aromatic rings. The number of hydroxylamine groups is 2. The summed E-state index contributed by atoms with van der Waals surface area (Å²) in [5.74, 6) is -0.316. The molecule has 1 aromatic carbocycles. The molecular formula is C22H24N2O4. The first-order valence-corrected chi connectivity index (χ1v) is 10.2. The van der Waals surface area contributed by atoms with E-state index in [0.717, 1.165) is 23.4 Å². The summed E-state index contributed by atoms with van der Waals surface area (Å²) < 4.78 is 11.5. The van der Waals surface area contributed by atoms with Crippen LogP contribution in [0, 0.1) is 17.8 Å². The Kier molecular flexibility index (Phi) is 3.33. The Balaban J connectivity index is 1.68. The summed E-state index contributed by atoms with van der Waals surface area (Å²) in [7, 11) is 1.49. The van der Waals surface area contributed by atoms with E-state index in [1.807, 2.05) is 19.1 Å². The molecule has 4 heterocycles. The van der Waals surface area contributed by atoms with Crippen LogP contribution in [0.25, 0.3) is 0 Å². The van der Waals surface area contributed by atoms with Crippen LogP contribution in [0.4, 0.5) is 5.69 Å². The zero-order valence-corrected chi connectivity index (χ0v) is 16.3. The number of hydrogen-bond acceptors (Lipinski definition) is 6. The third-order valence-corrected chi connectivity index (χ3v) is 7.56. The number of ether oxygens (including phenoxy) is 2. The first-order chi connectivity index (χ1) is 13.7. The Labute approximate surface area is 164 Å². The molecule has 7 rings (SSSR count). The van der Waals surface area contributed by atoms with Crippen molar-refractivity contribution in [2.24, 2.45) is 22.7 Å². The van der Waals surface area contributed by atoms with E-state index in [-0.39, 0.29) is 35.8 Å². The lowest BCUT2D eigenvalue weighted by Gasteiger charge is -2.63. The van der Waals surface area contributed by atoms with Crippen molar-refractivity contribution in [3.05, 3.63) is 41.5 Å². The first kappa shape index (κ1) is 16.9. The second-order valence-electron chi connectivity index (χ2n) is 8.29. The molecule has 2 saturated carbocycles. The summed E-state index contributed by atoms with van der Waals surface area (Å²) in [4.78, 5) is 24.7. The zero-order valence-electron chi connectivity index (χ0n) is 16.3. The Morgan fingerprint density at radius 3 is 3.00 bits per heavy atom. The van der Waals surface area contributed by atoms with Gasteiger partial charge in [-0.2, -0.15) is 5.06 Å². The number of esters is 1. The van der Waals surface area contributed by atoms with Gasteiger partial charge in [0.05, 0.1) is 41.9 Å². The summed E-state index contributed by atoms with van der Waals surface area (Å²) in [6.07, 6.45) is 2.61. The highest BCUT2D eigenvalue weighted by atomic mass is 16.8. The molecule has 2 aliphatic carbocycles. The maximum absolute atomic E-state index is 13.3. The predicted molar refractivity (Wildman–Crippen MR) is 102 cm³/mol. The lowest BCUT2D eigenvalue weighted by atomic mass is 9.42. The Bertz CT molecular complexity index is 940. The molecule has 28 heavy (non-hydrogen) atoms. The van der Waals surface area contributed by atoms with Gasteiger partial charge in [-0.25, -0.2) is 0 Å². The normalized spacial score (nSPS) is 45.2. The number of allylic oxidation sites excluding steroid dienone is 1. The molecular weight excluding hydrogens is 356 g/mol. The van der Waals surface area contributed by atoms with Crippen molar-refractivity contribution in [1.29, 1.82) is 0 Å². The van der Waals surface area contributed by atoms with E-state index in [4.69, 9.17) is 19.3 Å². The molecule has 6 nitrogen and oxygen atoms in total. The molecule has 8 atom stereocenters. The number of benzene rings is 1. The highest BCUT2D eigenvalue weighted by molar-refractivity contribution is 6.10. The van der Waals surface area contributed by atoms with Gasteiger partial charge in [0.25, 0.3) is 0 Å². The third kappa shape index (κ3) is 1.64. The summed E-state index contributed by atoms with van der Waals surface area (Å²) in [6, 6.07) is 8.45. The summed E-state index contributed by atoms with van der Waals surface area (Å²) >= 11 is 0. The number of methoxy groups -OCH3 is 1. The molecule has 0 radical (unpaired) electrons. The molecule has 0 aromatic heterocycles. The summed E-state index contributed by atoms with van der Waals surface area (Å²) in [5.41, 5.74) is 3.95. The minimum absolute atomic E-state index is 0.0158. The quantitative estimate of drug-likeness (QED) is 0.596. The molecule has 4 aliphatic heterocycles. The standard InChI is InChI=1S/C22H24N2O4/c1-4-11-12-10-15-19-22(16(12)20(25)26-3,13-8-6-7-9-14(13)23-19)17-18(11)24(15)28-21(17)27-5-2/h4,6-9,12,15-18,21H,5,10H2,1-3H3/t12-,15-,16-,17+,18?,21-,22-/m0/s1. The van der Waals surface area contributed by atoms with Gasteiger partial charge in [0.2, 0.25) is 0 Å². The fraction of sp³-hybridized carbons (Fsp3) is 0.545. The summed E-state index contributed by atoms with van der Waals surface area (Å²) in [5, 5.41) is 2.12. The zero-order chi connectivity index (χ0) is 19.2. The molecule has 146 valence electrons. The van der Waals surface area contributed by atoms with Crippen LogP contribution in [-0.4, -0.2) is 48.8 Å². The highest BCUT2D eigenvalue weighted by Gasteiger charge is 2.78. The number of nitrogens with zero attached hydrogens (tertiary/aromatic N) is 2. The average molecular weight is 380 g/mol. The number of rotatable bonds is 3. The molecule has 0 N–H and O–H groups in total.